The van der Waals surface area contributed by atoms with Crippen LogP contribution >= 0.6 is 23.5 Å². The predicted octanol–water partition coefficient (Wildman–Crippen LogP) is 7.01. The Kier molecular flexibility index (Phi) is 8.38. The first-order valence-electron chi connectivity index (χ1n) is 9.70. The SMILES string of the molecule is CC(C)(C)Sc1ccccc1C=NCCN=Cc1ccccc1SC(C)(C)C. The minimum absolute atomic E-state index is 0.187. The molecule has 0 aliphatic carbocycles. The van der Waals surface area contributed by atoms with Crippen LogP contribution in [0.5, 0.6) is 0 Å². The molecule has 0 N–H and O–H groups in total. The quantitative estimate of drug-likeness (QED) is 0.278. The third-order valence-electron chi connectivity index (χ3n) is 3.49. The van der Waals surface area contributed by atoms with Gasteiger partial charge in [0.1, 0.15) is 0 Å². The Labute approximate surface area is 179 Å². The Morgan fingerprint density at radius 3 is 1.36 bits per heavy atom. The average molecular weight is 413 g/mol. The number of rotatable bonds is 7. The van der Waals surface area contributed by atoms with E-state index in [0.717, 1.165) is 0 Å². The fourth-order valence-electron chi connectivity index (χ4n) is 2.46. The molecule has 0 unspecified atom stereocenters. The van der Waals surface area contributed by atoms with Crippen molar-refractivity contribution >= 4 is 36.0 Å². The van der Waals surface area contributed by atoms with Crippen LogP contribution in [0.15, 0.2) is 68.3 Å². The van der Waals surface area contributed by atoms with Crippen molar-refractivity contribution < 1.29 is 0 Å². The van der Waals surface area contributed by atoms with E-state index in [-0.39, 0.29) is 9.49 Å². The first-order chi connectivity index (χ1) is 13.1. The minimum Gasteiger partial charge on any atom is -0.291 e. The van der Waals surface area contributed by atoms with Crippen LogP contribution in [-0.2, 0) is 0 Å². The molecule has 0 atom stereocenters. The van der Waals surface area contributed by atoms with Gasteiger partial charge in [-0.05, 0) is 12.1 Å². The summed E-state index contributed by atoms with van der Waals surface area (Å²) in [6.07, 6.45) is 3.96. The van der Waals surface area contributed by atoms with E-state index in [9.17, 15) is 0 Å². The lowest BCUT2D eigenvalue weighted by atomic mass is 10.2. The molecule has 0 fully saturated rings. The summed E-state index contributed by atoms with van der Waals surface area (Å²) in [7, 11) is 0. The van der Waals surface area contributed by atoms with Gasteiger partial charge in [-0.1, -0.05) is 77.9 Å². The van der Waals surface area contributed by atoms with Gasteiger partial charge in [0.15, 0.2) is 0 Å². The van der Waals surface area contributed by atoms with Crippen molar-refractivity contribution in [2.24, 2.45) is 9.98 Å². The lowest BCUT2D eigenvalue weighted by Gasteiger charge is -2.18. The zero-order valence-electron chi connectivity index (χ0n) is 17.9. The van der Waals surface area contributed by atoms with Crippen LogP contribution in [0.25, 0.3) is 0 Å². The Morgan fingerprint density at radius 2 is 1.00 bits per heavy atom. The number of thioether (sulfide) groups is 2. The smallest absolute Gasteiger partial charge is 0.0585 e. The molecular weight excluding hydrogens is 380 g/mol. The summed E-state index contributed by atoms with van der Waals surface area (Å²) in [4.78, 5) is 11.7. The van der Waals surface area contributed by atoms with E-state index in [1.54, 1.807) is 0 Å². The molecule has 0 spiro atoms. The number of hydrogen-bond acceptors (Lipinski definition) is 4. The van der Waals surface area contributed by atoms with E-state index in [1.807, 2.05) is 36.0 Å². The summed E-state index contributed by atoms with van der Waals surface area (Å²) in [5, 5.41) is 0. The van der Waals surface area contributed by atoms with Gasteiger partial charge < -0.3 is 0 Å². The van der Waals surface area contributed by atoms with Crippen LogP contribution in [0.1, 0.15) is 52.7 Å². The summed E-state index contributed by atoms with van der Waals surface area (Å²) in [6, 6.07) is 16.9. The van der Waals surface area contributed by atoms with Crippen molar-refractivity contribution in [3.05, 3.63) is 59.7 Å². The Morgan fingerprint density at radius 1 is 0.643 bits per heavy atom. The molecule has 28 heavy (non-hydrogen) atoms. The minimum atomic E-state index is 0.187. The van der Waals surface area contributed by atoms with Gasteiger partial charge in [-0.2, -0.15) is 0 Å². The second-order valence-corrected chi connectivity index (χ2v) is 12.3. The van der Waals surface area contributed by atoms with Crippen molar-refractivity contribution in [2.75, 3.05) is 13.1 Å². The fraction of sp³-hybridized carbons (Fsp3) is 0.417. The molecule has 0 aliphatic rings. The molecule has 0 heterocycles. The summed E-state index contributed by atoms with van der Waals surface area (Å²) in [5.74, 6) is 0. The van der Waals surface area contributed by atoms with E-state index in [4.69, 9.17) is 0 Å². The topological polar surface area (TPSA) is 24.7 Å². The fourth-order valence-corrected chi connectivity index (χ4v) is 4.55. The molecule has 0 aromatic heterocycles. The molecule has 0 radical (unpaired) electrons. The molecule has 2 aromatic carbocycles. The Bertz CT molecular complexity index is 742. The summed E-state index contributed by atoms with van der Waals surface area (Å²) in [6.45, 7) is 14.8. The number of aliphatic imine (C=N–C) groups is 2. The van der Waals surface area contributed by atoms with Gasteiger partial charge in [0.25, 0.3) is 0 Å². The van der Waals surface area contributed by atoms with Crippen molar-refractivity contribution in [1.82, 2.24) is 0 Å². The molecule has 2 nitrogen and oxygen atoms in total. The maximum atomic E-state index is 4.59. The van der Waals surface area contributed by atoms with Gasteiger partial charge in [-0.15, -0.1) is 23.5 Å². The van der Waals surface area contributed by atoms with Crippen LogP contribution in [0.3, 0.4) is 0 Å². The number of hydrogen-bond donors (Lipinski definition) is 0. The van der Waals surface area contributed by atoms with Gasteiger partial charge in [0, 0.05) is 42.8 Å². The standard InChI is InChI=1S/C24H32N2S2/c1-23(2,3)27-21-13-9-7-11-19(21)17-25-15-16-26-18-20-12-8-10-14-22(20)28-24(4,5)6/h7-14,17-18H,15-16H2,1-6H3. The molecule has 4 heteroatoms. The van der Waals surface area contributed by atoms with E-state index in [0.29, 0.717) is 13.1 Å². The highest BCUT2D eigenvalue weighted by molar-refractivity contribution is 8.01. The zero-order valence-corrected chi connectivity index (χ0v) is 19.5. The van der Waals surface area contributed by atoms with E-state index in [2.05, 4.69) is 100 Å². The summed E-state index contributed by atoms with van der Waals surface area (Å²) < 4.78 is 0.374. The third-order valence-corrected chi connectivity index (χ3v) is 5.90. The van der Waals surface area contributed by atoms with Gasteiger partial charge in [-0.3, -0.25) is 9.98 Å². The van der Waals surface area contributed by atoms with Crippen LogP contribution in [-0.4, -0.2) is 35.0 Å². The van der Waals surface area contributed by atoms with Gasteiger partial charge in [0.2, 0.25) is 0 Å². The van der Waals surface area contributed by atoms with Crippen LogP contribution in [0.4, 0.5) is 0 Å². The lowest BCUT2D eigenvalue weighted by molar-refractivity contribution is 0.802. The Hall–Kier alpha value is -1.52. The molecule has 150 valence electrons. The van der Waals surface area contributed by atoms with Crippen LogP contribution < -0.4 is 0 Å². The van der Waals surface area contributed by atoms with E-state index in [1.165, 1.54) is 20.9 Å². The van der Waals surface area contributed by atoms with Gasteiger partial charge in [-0.25, -0.2) is 0 Å². The predicted molar refractivity (Wildman–Crippen MR) is 129 cm³/mol. The second kappa shape index (κ2) is 10.3. The lowest BCUT2D eigenvalue weighted by Crippen LogP contribution is -2.07. The molecule has 0 saturated carbocycles. The van der Waals surface area contributed by atoms with Crippen molar-refractivity contribution in [1.29, 1.82) is 0 Å². The summed E-state index contributed by atoms with van der Waals surface area (Å²) in [5.41, 5.74) is 2.36. The maximum Gasteiger partial charge on any atom is 0.0585 e. The second-order valence-electron chi connectivity index (χ2n) is 8.58. The molecule has 0 bridgehead atoms. The highest BCUT2D eigenvalue weighted by atomic mass is 32.2. The molecule has 0 aliphatic heterocycles. The summed E-state index contributed by atoms with van der Waals surface area (Å²) >= 11 is 3.75. The van der Waals surface area contributed by atoms with Gasteiger partial charge >= 0.3 is 0 Å². The maximum absolute atomic E-state index is 4.59. The Balaban J connectivity index is 1.94. The highest BCUT2D eigenvalue weighted by Crippen LogP contribution is 2.34. The highest BCUT2D eigenvalue weighted by Gasteiger charge is 2.14. The molecule has 2 rings (SSSR count). The average Bonchev–Trinajstić information content (AvgIpc) is 2.58. The van der Waals surface area contributed by atoms with Gasteiger partial charge in [0.05, 0.1) is 13.1 Å². The number of nitrogens with zero attached hydrogens (tertiary/aromatic N) is 2. The van der Waals surface area contributed by atoms with Crippen molar-refractivity contribution in [3.8, 4) is 0 Å². The van der Waals surface area contributed by atoms with E-state index >= 15 is 0 Å². The van der Waals surface area contributed by atoms with Crippen LogP contribution in [0, 0.1) is 0 Å². The largest absolute Gasteiger partial charge is 0.291 e. The normalized spacial score (nSPS) is 12.9. The molecule has 0 saturated heterocycles. The monoisotopic (exact) mass is 412 g/mol. The molecule has 2 aromatic rings. The van der Waals surface area contributed by atoms with Crippen molar-refractivity contribution in [2.45, 2.75) is 60.8 Å². The third kappa shape index (κ3) is 8.66. The first-order valence-corrected chi connectivity index (χ1v) is 11.3. The van der Waals surface area contributed by atoms with Crippen molar-refractivity contribution in [3.63, 3.8) is 0 Å². The van der Waals surface area contributed by atoms with Crippen LogP contribution in [0.2, 0.25) is 0 Å². The first kappa shape index (κ1) is 22.8. The zero-order chi connectivity index (χ0) is 20.6. The molecular formula is C24H32N2S2. The van der Waals surface area contributed by atoms with E-state index < -0.39 is 0 Å². The molecule has 0 amide bonds. The number of benzene rings is 2.